The van der Waals surface area contributed by atoms with Gasteiger partial charge in [0.1, 0.15) is 12.4 Å². The molecule has 0 saturated heterocycles. The summed E-state index contributed by atoms with van der Waals surface area (Å²) in [5.74, 6) is 0.567. The molecule has 0 aliphatic heterocycles. The van der Waals surface area contributed by atoms with Gasteiger partial charge in [-0.1, -0.05) is 12.1 Å². The fourth-order valence-electron chi connectivity index (χ4n) is 1.33. The summed E-state index contributed by atoms with van der Waals surface area (Å²) in [5, 5.41) is 8.66. The lowest BCUT2D eigenvalue weighted by atomic mass is 10.1. The van der Waals surface area contributed by atoms with Crippen LogP contribution in [0.2, 0.25) is 0 Å². The minimum absolute atomic E-state index is 0.256. The second-order valence-corrected chi connectivity index (χ2v) is 3.57. The van der Waals surface area contributed by atoms with Crippen molar-refractivity contribution in [1.29, 1.82) is 0 Å². The molecule has 16 heavy (non-hydrogen) atoms. The van der Waals surface area contributed by atoms with Crippen LogP contribution in [0, 0.1) is 0 Å². The predicted octanol–water partition coefficient (Wildman–Crippen LogP) is 0.688. The maximum Gasteiger partial charge on any atom is 0.248 e. The van der Waals surface area contributed by atoms with Crippen LogP contribution in [0.3, 0.4) is 0 Å². The largest absolute Gasteiger partial charge is 0.497 e. The van der Waals surface area contributed by atoms with Crippen LogP contribution in [0.1, 0.15) is 5.56 Å². The lowest BCUT2D eigenvalue weighted by molar-refractivity contribution is -0.132. The standard InChI is InChI=1S/C12H17NO3/c1-13(12(15)9-14)8-7-10-3-5-11(16-2)6-4-10/h3-6,14H,7-9H2,1-2H3. The van der Waals surface area contributed by atoms with Gasteiger partial charge in [-0.3, -0.25) is 4.79 Å². The summed E-state index contributed by atoms with van der Waals surface area (Å²) in [6.45, 7) is 0.171. The van der Waals surface area contributed by atoms with Crippen molar-refractivity contribution in [2.75, 3.05) is 27.3 Å². The van der Waals surface area contributed by atoms with Gasteiger partial charge >= 0.3 is 0 Å². The highest BCUT2D eigenvalue weighted by Crippen LogP contribution is 2.11. The van der Waals surface area contributed by atoms with E-state index in [0.717, 1.165) is 17.7 Å². The van der Waals surface area contributed by atoms with Crippen molar-refractivity contribution in [2.24, 2.45) is 0 Å². The maximum atomic E-state index is 11.1. The summed E-state index contributed by atoms with van der Waals surface area (Å²) in [6, 6.07) is 7.72. The highest BCUT2D eigenvalue weighted by atomic mass is 16.5. The van der Waals surface area contributed by atoms with Gasteiger partial charge in [0, 0.05) is 13.6 Å². The Labute approximate surface area is 95.5 Å². The molecule has 1 amide bonds. The van der Waals surface area contributed by atoms with Gasteiger partial charge in [0.05, 0.1) is 7.11 Å². The first-order valence-electron chi connectivity index (χ1n) is 5.15. The second-order valence-electron chi connectivity index (χ2n) is 3.57. The number of benzene rings is 1. The fraction of sp³-hybridized carbons (Fsp3) is 0.417. The predicted molar refractivity (Wildman–Crippen MR) is 61.4 cm³/mol. The fourth-order valence-corrected chi connectivity index (χ4v) is 1.33. The zero-order valence-corrected chi connectivity index (χ0v) is 9.64. The molecule has 0 saturated carbocycles. The Hall–Kier alpha value is -1.55. The molecule has 0 spiro atoms. The molecule has 1 N–H and O–H groups in total. The van der Waals surface area contributed by atoms with Crippen molar-refractivity contribution in [1.82, 2.24) is 4.90 Å². The Bertz CT molecular complexity index is 335. The van der Waals surface area contributed by atoms with Gasteiger partial charge in [-0.05, 0) is 24.1 Å². The Kier molecular flexibility index (Phi) is 4.79. The van der Waals surface area contributed by atoms with Crippen molar-refractivity contribution >= 4 is 5.91 Å². The average Bonchev–Trinajstić information content (AvgIpc) is 2.35. The van der Waals surface area contributed by atoms with E-state index in [4.69, 9.17) is 9.84 Å². The highest BCUT2D eigenvalue weighted by Gasteiger charge is 2.06. The molecule has 0 aromatic heterocycles. The normalized spacial score (nSPS) is 9.94. The van der Waals surface area contributed by atoms with E-state index in [-0.39, 0.29) is 5.91 Å². The Morgan fingerprint density at radius 1 is 1.38 bits per heavy atom. The van der Waals surface area contributed by atoms with Gasteiger partial charge in [-0.2, -0.15) is 0 Å². The molecule has 0 fully saturated rings. The number of aliphatic hydroxyl groups excluding tert-OH is 1. The van der Waals surface area contributed by atoms with E-state index in [1.54, 1.807) is 14.2 Å². The third kappa shape index (κ3) is 3.55. The summed E-state index contributed by atoms with van der Waals surface area (Å²) < 4.78 is 5.05. The van der Waals surface area contributed by atoms with Crippen LogP contribution < -0.4 is 4.74 Å². The highest BCUT2D eigenvalue weighted by molar-refractivity contribution is 5.76. The number of methoxy groups -OCH3 is 1. The van der Waals surface area contributed by atoms with E-state index in [9.17, 15) is 4.79 Å². The summed E-state index contributed by atoms with van der Waals surface area (Å²) in [5.41, 5.74) is 1.14. The summed E-state index contributed by atoms with van der Waals surface area (Å²) in [4.78, 5) is 12.6. The first kappa shape index (κ1) is 12.5. The molecule has 88 valence electrons. The molecule has 1 aromatic carbocycles. The molecule has 0 atom stereocenters. The van der Waals surface area contributed by atoms with Gasteiger partial charge in [0.15, 0.2) is 0 Å². The quantitative estimate of drug-likeness (QED) is 0.799. The van der Waals surface area contributed by atoms with E-state index in [0.29, 0.717) is 6.54 Å². The van der Waals surface area contributed by atoms with Gasteiger partial charge in [0.2, 0.25) is 5.91 Å². The second kappa shape index (κ2) is 6.12. The SMILES string of the molecule is COc1ccc(CCN(C)C(=O)CO)cc1. The molecule has 0 radical (unpaired) electrons. The lowest BCUT2D eigenvalue weighted by Crippen LogP contribution is -2.31. The van der Waals surface area contributed by atoms with Crippen molar-refractivity contribution in [3.63, 3.8) is 0 Å². The summed E-state index contributed by atoms with van der Waals surface area (Å²) in [6.07, 6.45) is 0.770. The molecular formula is C12H17NO3. The smallest absolute Gasteiger partial charge is 0.248 e. The Morgan fingerprint density at radius 3 is 2.50 bits per heavy atom. The van der Waals surface area contributed by atoms with Crippen molar-refractivity contribution in [2.45, 2.75) is 6.42 Å². The van der Waals surface area contributed by atoms with Gasteiger partial charge in [0.25, 0.3) is 0 Å². The number of aliphatic hydroxyl groups is 1. The number of carbonyl (C=O) groups excluding carboxylic acids is 1. The first-order chi connectivity index (χ1) is 7.67. The topological polar surface area (TPSA) is 49.8 Å². The summed E-state index contributed by atoms with van der Waals surface area (Å²) in [7, 11) is 3.31. The summed E-state index contributed by atoms with van der Waals surface area (Å²) >= 11 is 0. The molecule has 0 unspecified atom stereocenters. The zero-order chi connectivity index (χ0) is 12.0. The third-order valence-electron chi connectivity index (χ3n) is 2.46. The van der Waals surface area contributed by atoms with Crippen LogP contribution in [0.4, 0.5) is 0 Å². The van der Waals surface area contributed by atoms with Gasteiger partial charge in [-0.15, -0.1) is 0 Å². The van der Waals surface area contributed by atoms with E-state index in [1.807, 2.05) is 24.3 Å². The third-order valence-corrected chi connectivity index (χ3v) is 2.46. The van der Waals surface area contributed by atoms with Gasteiger partial charge in [-0.25, -0.2) is 0 Å². The van der Waals surface area contributed by atoms with Crippen LogP contribution in [-0.4, -0.2) is 43.2 Å². The van der Waals surface area contributed by atoms with Crippen LogP contribution >= 0.6 is 0 Å². The van der Waals surface area contributed by atoms with E-state index < -0.39 is 6.61 Å². The molecule has 0 aliphatic rings. The first-order valence-corrected chi connectivity index (χ1v) is 5.15. The molecule has 0 heterocycles. The molecule has 0 aliphatic carbocycles. The van der Waals surface area contributed by atoms with E-state index in [2.05, 4.69) is 0 Å². The molecule has 1 aromatic rings. The molecule has 4 nitrogen and oxygen atoms in total. The van der Waals surface area contributed by atoms with Crippen LogP contribution in [0.5, 0.6) is 5.75 Å². The van der Waals surface area contributed by atoms with Gasteiger partial charge < -0.3 is 14.7 Å². The molecule has 0 bridgehead atoms. The number of hydrogen-bond acceptors (Lipinski definition) is 3. The lowest BCUT2D eigenvalue weighted by Gasteiger charge is -2.15. The van der Waals surface area contributed by atoms with Crippen LogP contribution in [-0.2, 0) is 11.2 Å². The Balaban J connectivity index is 2.45. The van der Waals surface area contributed by atoms with E-state index >= 15 is 0 Å². The van der Waals surface area contributed by atoms with Crippen molar-refractivity contribution in [3.8, 4) is 5.75 Å². The van der Waals surface area contributed by atoms with Crippen molar-refractivity contribution < 1.29 is 14.6 Å². The monoisotopic (exact) mass is 223 g/mol. The van der Waals surface area contributed by atoms with Crippen LogP contribution in [0.25, 0.3) is 0 Å². The number of nitrogens with zero attached hydrogens (tertiary/aromatic N) is 1. The van der Waals surface area contributed by atoms with Crippen LogP contribution in [0.15, 0.2) is 24.3 Å². The number of hydrogen-bond donors (Lipinski definition) is 1. The number of rotatable bonds is 5. The number of amides is 1. The Morgan fingerprint density at radius 2 is 2.00 bits per heavy atom. The number of carbonyl (C=O) groups is 1. The molecule has 1 rings (SSSR count). The minimum Gasteiger partial charge on any atom is -0.497 e. The van der Waals surface area contributed by atoms with E-state index in [1.165, 1.54) is 4.90 Å². The number of ether oxygens (including phenoxy) is 1. The minimum atomic E-state index is -0.431. The molecule has 4 heteroatoms. The molecular weight excluding hydrogens is 206 g/mol. The van der Waals surface area contributed by atoms with Crippen molar-refractivity contribution in [3.05, 3.63) is 29.8 Å². The number of likely N-dealkylation sites (N-methyl/N-ethyl adjacent to an activating group) is 1. The zero-order valence-electron chi connectivity index (χ0n) is 9.64. The average molecular weight is 223 g/mol. The maximum absolute atomic E-state index is 11.1.